The van der Waals surface area contributed by atoms with Gasteiger partial charge in [-0.25, -0.2) is 0 Å². The molecule has 324 valence electrons. The Labute approximate surface area is 358 Å². The number of aliphatic hydroxyl groups excluding tert-OH is 4. The van der Waals surface area contributed by atoms with E-state index in [1.807, 2.05) is 0 Å². The molecule has 6 aromatic carbocycles. The van der Waals surface area contributed by atoms with Crippen LogP contribution < -0.4 is 9.47 Å². The normalized spacial score (nSPS) is 27.8. The minimum absolute atomic E-state index is 0.00889. The maximum Gasteiger partial charge on any atom is 0.229 e. The molecule has 0 radical (unpaired) electrons. The van der Waals surface area contributed by atoms with Crippen LogP contribution in [0.4, 0.5) is 0 Å². The number of benzene rings is 6. The third-order valence-corrected chi connectivity index (χ3v) is 13.1. The van der Waals surface area contributed by atoms with Crippen molar-refractivity contribution >= 4 is 0 Å². The Morgan fingerprint density at radius 1 is 0.476 bits per heavy atom. The first-order chi connectivity index (χ1) is 30.2. The highest BCUT2D eigenvalue weighted by Gasteiger charge is 2.55. The number of aromatic hydroxyl groups is 8. The third-order valence-electron chi connectivity index (χ3n) is 13.1. The molecule has 2 aliphatic heterocycles. The highest BCUT2D eigenvalue weighted by atomic mass is 16.7. The van der Waals surface area contributed by atoms with Crippen LogP contribution in [0.2, 0.25) is 0 Å². The molecule has 63 heavy (non-hydrogen) atoms. The molecule has 0 bridgehead atoms. The molecule has 0 unspecified atom stereocenters. The van der Waals surface area contributed by atoms with Crippen LogP contribution in [0.3, 0.4) is 0 Å². The van der Waals surface area contributed by atoms with Crippen molar-refractivity contribution in [1.82, 2.24) is 0 Å². The number of ether oxygens (including phenoxy) is 3. The summed E-state index contributed by atoms with van der Waals surface area (Å²) in [5.74, 6) is -6.69. The van der Waals surface area contributed by atoms with Crippen molar-refractivity contribution in [2.24, 2.45) is 0 Å². The summed E-state index contributed by atoms with van der Waals surface area (Å²) in [5.41, 5.74) is 4.16. The van der Waals surface area contributed by atoms with Gasteiger partial charge in [-0.3, -0.25) is 0 Å². The van der Waals surface area contributed by atoms with E-state index in [1.54, 1.807) is 42.5 Å². The monoisotopic (exact) mass is 858 g/mol. The molecule has 1 saturated heterocycles. The summed E-state index contributed by atoms with van der Waals surface area (Å²) in [7, 11) is 0. The number of rotatable bonds is 6. The Kier molecular flexibility index (Phi) is 9.50. The van der Waals surface area contributed by atoms with Crippen LogP contribution in [0.25, 0.3) is 0 Å². The van der Waals surface area contributed by atoms with Crippen LogP contribution in [-0.4, -0.2) is 98.6 Å². The molecule has 6 aromatic rings. The summed E-state index contributed by atoms with van der Waals surface area (Å²) >= 11 is 0. The molecule has 10 rings (SSSR count). The fraction of sp³-hybridized carbons (Fsp3) is 0.250. The van der Waals surface area contributed by atoms with Crippen LogP contribution >= 0.6 is 0 Å². The van der Waals surface area contributed by atoms with Crippen molar-refractivity contribution in [1.29, 1.82) is 0 Å². The first kappa shape index (κ1) is 40.2. The van der Waals surface area contributed by atoms with Crippen LogP contribution in [0.15, 0.2) is 103 Å². The Bertz CT molecular complexity index is 2740. The van der Waals surface area contributed by atoms with Gasteiger partial charge in [-0.15, -0.1) is 0 Å². The summed E-state index contributed by atoms with van der Waals surface area (Å²) in [6.07, 6.45) is -9.48. The maximum atomic E-state index is 12.6. The quantitative estimate of drug-likeness (QED) is 0.106. The van der Waals surface area contributed by atoms with E-state index in [-0.39, 0.29) is 45.8 Å². The van der Waals surface area contributed by atoms with Crippen LogP contribution in [0, 0.1) is 0 Å². The van der Waals surface area contributed by atoms with Gasteiger partial charge in [0.1, 0.15) is 70.8 Å². The topological polar surface area (TPSA) is 270 Å². The fourth-order valence-corrected chi connectivity index (χ4v) is 10.5. The molecule has 4 aliphatic rings. The van der Waals surface area contributed by atoms with Crippen molar-refractivity contribution in [3.8, 4) is 57.5 Å². The minimum Gasteiger partial charge on any atom is -0.508 e. The van der Waals surface area contributed by atoms with Gasteiger partial charge in [0.25, 0.3) is 0 Å². The Morgan fingerprint density at radius 2 is 1.00 bits per heavy atom. The molecule has 12 N–H and O–H groups in total. The number of hydrogen-bond donors (Lipinski definition) is 12. The average Bonchev–Trinajstić information content (AvgIpc) is 3.79. The zero-order valence-corrected chi connectivity index (χ0v) is 33.0. The summed E-state index contributed by atoms with van der Waals surface area (Å²) in [5, 5.41) is 133. The van der Waals surface area contributed by atoms with E-state index in [4.69, 9.17) is 14.2 Å². The van der Waals surface area contributed by atoms with Gasteiger partial charge in [-0.05, 0) is 88.0 Å². The van der Waals surface area contributed by atoms with Gasteiger partial charge in [0, 0.05) is 52.5 Å². The number of fused-ring (bicyclic) bond motifs is 6. The molecule has 0 saturated carbocycles. The molecule has 15 heteroatoms. The molecule has 2 aliphatic carbocycles. The highest BCUT2D eigenvalue weighted by molar-refractivity contribution is 5.72. The maximum absolute atomic E-state index is 12.6. The zero-order valence-electron chi connectivity index (χ0n) is 33.0. The lowest BCUT2D eigenvalue weighted by Crippen LogP contribution is -2.60. The van der Waals surface area contributed by atoms with E-state index < -0.39 is 90.3 Å². The molecule has 11 atom stereocenters. The predicted molar refractivity (Wildman–Crippen MR) is 221 cm³/mol. The van der Waals surface area contributed by atoms with Gasteiger partial charge in [0.2, 0.25) is 12.0 Å². The molecule has 2 heterocycles. The average molecular weight is 859 g/mol. The van der Waals surface area contributed by atoms with E-state index >= 15 is 0 Å². The fourth-order valence-electron chi connectivity index (χ4n) is 10.5. The van der Waals surface area contributed by atoms with Gasteiger partial charge in [0.15, 0.2) is 11.5 Å². The number of hydrogen-bond acceptors (Lipinski definition) is 15. The first-order valence-electron chi connectivity index (χ1n) is 20.3. The van der Waals surface area contributed by atoms with Crippen LogP contribution in [-0.2, 0) is 4.74 Å². The van der Waals surface area contributed by atoms with Gasteiger partial charge in [-0.2, -0.15) is 0 Å². The largest absolute Gasteiger partial charge is 0.508 e. The highest BCUT2D eigenvalue weighted by Crippen LogP contribution is 2.70. The van der Waals surface area contributed by atoms with E-state index in [2.05, 4.69) is 0 Å². The van der Waals surface area contributed by atoms with Crippen LogP contribution in [0.1, 0.15) is 85.8 Å². The third kappa shape index (κ3) is 6.30. The van der Waals surface area contributed by atoms with E-state index in [9.17, 15) is 61.3 Å². The molecule has 0 spiro atoms. The van der Waals surface area contributed by atoms with E-state index in [0.717, 1.165) is 0 Å². The van der Waals surface area contributed by atoms with E-state index in [0.29, 0.717) is 44.5 Å². The molecular weight excluding hydrogens is 817 g/mol. The molecule has 1 fully saturated rings. The molecule has 0 aromatic heterocycles. The Hall–Kier alpha value is -6.88. The Morgan fingerprint density at radius 3 is 1.59 bits per heavy atom. The van der Waals surface area contributed by atoms with Crippen LogP contribution in [0.5, 0.6) is 57.5 Å². The smallest absolute Gasteiger partial charge is 0.229 e. The summed E-state index contributed by atoms with van der Waals surface area (Å²) in [6, 6.07) is 26.1. The first-order valence-corrected chi connectivity index (χ1v) is 20.3. The second-order valence-electron chi connectivity index (χ2n) is 16.6. The molecule has 15 nitrogen and oxygen atoms in total. The summed E-state index contributed by atoms with van der Waals surface area (Å²) in [6.45, 7) is -0.767. The van der Waals surface area contributed by atoms with Gasteiger partial charge in [-0.1, -0.05) is 36.4 Å². The van der Waals surface area contributed by atoms with Gasteiger partial charge < -0.3 is 75.5 Å². The number of aliphatic hydroxyl groups is 4. The second-order valence-corrected chi connectivity index (χ2v) is 16.6. The van der Waals surface area contributed by atoms with Gasteiger partial charge in [0.05, 0.1) is 12.5 Å². The van der Waals surface area contributed by atoms with Crippen molar-refractivity contribution in [2.75, 3.05) is 6.61 Å². The lowest BCUT2D eigenvalue weighted by atomic mass is 9.63. The number of phenols is 8. The predicted octanol–water partition coefficient (Wildman–Crippen LogP) is 4.93. The van der Waals surface area contributed by atoms with Crippen molar-refractivity contribution in [2.45, 2.75) is 66.4 Å². The van der Waals surface area contributed by atoms with E-state index in [1.165, 1.54) is 60.7 Å². The molecular formula is C48H42O15. The molecule has 0 amide bonds. The minimum atomic E-state index is -1.90. The second kappa shape index (κ2) is 14.9. The lowest BCUT2D eigenvalue weighted by molar-refractivity contribution is -0.277. The lowest BCUT2D eigenvalue weighted by Gasteiger charge is -2.39. The summed E-state index contributed by atoms with van der Waals surface area (Å²) < 4.78 is 18.3. The van der Waals surface area contributed by atoms with Gasteiger partial charge >= 0.3 is 0 Å². The van der Waals surface area contributed by atoms with Crippen molar-refractivity contribution < 1.29 is 75.5 Å². The van der Waals surface area contributed by atoms with Crippen molar-refractivity contribution in [3.63, 3.8) is 0 Å². The standard InChI is InChI=1S/C48H42O15/c49-18-33-42(57)44(59)45(60)48(62-33)63-47-31(56)17-29-39-34(19-1-7-22(50)8-2-19)36-27(13-25(53)15-30(36)55)41-37-28(38(39)35(40(29)43(47)58)20-3-9-23(51)10-4-20)14-26(54)16-32(37)61-46(41)21-5-11-24(52)12-6-21/h1-17,33-35,38-39,41-42,44-46,48-60H,18H2/t33-,34-,35-,38-,39+,41-,42-,44+,45-,46+,48+/m1/s1. The Balaban J connectivity index is 1.29. The SMILES string of the molecule is OC[C@H]1O[C@@H](Oc2c(O)cc3c(c2O)[C@H](c2ccc(O)cc2)[C@H]2c4cc(O)cc5c4[C@@H](c4cc(O)cc(O)c4[C@@H](c4ccc(O)cc4)[C@H]32)[C@H](c2ccc(O)cc2)O5)[C@H](O)[C@@H](O)[C@@H]1O. The zero-order chi connectivity index (χ0) is 44.2. The number of phenolic OH excluding ortho intramolecular Hbond substituents is 8. The van der Waals surface area contributed by atoms with Crippen molar-refractivity contribution in [3.05, 3.63) is 153 Å². The summed E-state index contributed by atoms with van der Waals surface area (Å²) in [4.78, 5) is 0.